The summed E-state index contributed by atoms with van der Waals surface area (Å²) in [6.45, 7) is 4.37. The van der Waals surface area contributed by atoms with Crippen LogP contribution in [0.3, 0.4) is 0 Å². The van der Waals surface area contributed by atoms with E-state index in [0.717, 1.165) is 47.5 Å². The summed E-state index contributed by atoms with van der Waals surface area (Å²) in [5, 5.41) is 9.18. The quantitative estimate of drug-likeness (QED) is 0.760. The molecule has 1 aliphatic rings. The number of hydrogen-bond donors (Lipinski definition) is 3. The van der Waals surface area contributed by atoms with Gasteiger partial charge in [-0.05, 0) is 55.2 Å². The number of benzene rings is 2. The van der Waals surface area contributed by atoms with Crippen molar-refractivity contribution in [2.75, 3.05) is 17.2 Å². The summed E-state index contributed by atoms with van der Waals surface area (Å²) in [5.41, 5.74) is 4.55. The van der Waals surface area contributed by atoms with Gasteiger partial charge in [-0.15, -0.1) is 12.4 Å². The maximum Gasteiger partial charge on any atom is 0.252 e. The van der Waals surface area contributed by atoms with Crippen LogP contribution in [0.4, 0.5) is 11.4 Å². The first-order valence-corrected chi connectivity index (χ1v) is 8.59. The third-order valence-corrected chi connectivity index (χ3v) is 4.39. The SMILES string of the molecule is CC(=O)Nc1cccc(C(C)NC(=O)c2cccc3c2CCCN3)c1.Cl. The van der Waals surface area contributed by atoms with Crippen LogP contribution in [0.25, 0.3) is 0 Å². The van der Waals surface area contributed by atoms with Gasteiger partial charge in [0.25, 0.3) is 5.91 Å². The standard InChI is InChI=1S/C20H23N3O2.ClH/c1-13(15-6-3-7-16(12-15)23-14(2)24)22-20(25)18-8-4-10-19-17(18)9-5-11-21-19;/h3-4,6-8,10,12-13,21H,5,9,11H2,1-2H3,(H,22,25)(H,23,24);1H. The molecule has 0 saturated heterocycles. The zero-order valence-electron chi connectivity index (χ0n) is 15.0. The molecule has 2 aromatic carbocycles. The van der Waals surface area contributed by atoms with Crippen LogP contribution in [0.2, 0.25) is 0 Å². The molecule has 0 fully saturated rings. The van der Waals surface area contributed by atoms with E-state index in [9.17, 15) is 9.59 Å². The van der Waals surface area contributed by atoms with Crippen molar-refractivity contribution in [1.82, 2.24) is 5.32 Å². The van der Waals surface area contributed by atoms with Crippen LogP contribution in [0, 0.1) is 0 Å². The fraction of sp³-hybridized carbons (Fsp3) is 0.300. The summed E-state index contributed by atoms with van der Waals surface area (Å²) in [6.07, 6.45) is 1.95. The lowest BCUT2D eigenvalue weighted by Gasteiger charge is -2.22. The maximum atomic E-state index is 12.8. The number of nitrogens with one attached hydrogen (secondary N) is 3. The van der Waals surface area contributed by atoms with E-state index in [0.29, 0.717) is 0 Å². The largest absolute Gasteiger partial charge is 0.385 e. The van der Waals surface area contributed by atoms with Crippen molar-refractivity contribution in [2.45, 2.75) is 32.7 Å². The van der Waals surface area contributed by atoms with Crippen molar-refractivity contribution >= 4 is 35.6 Å². The van der Waals surface area contributed by atoms with Gasteiger partial charge in [0.1, 0.15) is 0 Å². The smallest absolute Gasteiger partial charge is 0.252 e. The average molecular weight is 374 g/mol. The van der Waals surface area contributed by atoms with E-state index in [1.807, 2.05) is 49.4 Å². The lowest BCUT2D eigenvalue weighted by Crippen LogP contribution is -2.28. The molecule has 5 nitrogen and oxygen atoms in total. The van der Waals surface area contributed by atoms with Crippen molar-refractivity contribution < 1.29 is 9.59 Å². The number of anilines is 2. The Morgan fingerprint density at radius 1 is 1.15 bits per heavy atom. The fourth-order valence-electron chi connectivity index (χ4n) is 3.17. The Morgan fingerprint density at radius 3 is 2.69 bits per heavy atom. The zero-order valence-corrected chi connectivity index (χ0v) is 15.8. The molecule has 2 aromatic rings. The topological polar surface area (TPSA) is 70.2 Å². The van der Waals surface area contributed by atoms with Crippen LogP contribution in [0.1, 0.15) is 47.8 Å². The Hall–Kier alpha value is -2.53. The summed E-state index contributed by atoms with van der Waals surface area (Å²) in [4.78, 5) is 24.0. The lowest BCUT2D eigenvalue weighted by molar-refractivity contribution is -0.114. The highest BCUT2D eigenvalue weighted by molar-refractivity contribution is 5.97. The Balaban J connectivity index is 0.00000243. The summed E-state index contributed by atoms with van der Waals surface area (Å²) in [6, 6.07) is 13.2. The molecule has 6 heteroatoms. The third-order valence-electron chi connectivity index (χ3n) is 4.39. The minimum absolute atomic E-state index is 0. The molecule has 2 amide bonds. The van der Waals surface area contributed by atoms with Gasteiger partial charge in [-0.25, -0.2) is 0 Å². The molecule has 0 radical (unpaired) electrons. The number of amides is 2. The zero-order chi connectivity index (χ0) is 17.8. The molecule has 1 unspecified atom stereocenters. The van der Waals surface area contributed by atoms with Gasteiger partial charge >= 0.3 is 0 Å². The number of hydrogen-bond acceptors (Lipinski definition) is 3. The Labute approximate surface area is 160 Å². The monoisotopic (exact) mass is 373 g/mol. The minimum atomic E-state index is -0.159. The molecule has 0 saturated carbocycles. The molecule has 0 aromatic heterocycles. The van der Waals surface area contributed by atoms with Gasteiger partial charge in [0.2, 0.25) is 5.91 Å². The van der Waals surface area contributed by atoms with Crippen molar-refractivity contribution in [2.24, 2.45) is 0 Å². The van der Waals surface area contributed by atoms with E-state index in [1.54, 1.807) is 0 Å². The minimum Gasteiger partial charge on any atom is -0.385 e. The number of carbonyl (C=O) groups excluding carboxylic acids is 2. The number of halogens is 1. The Kier molecular flexibility index (Phi) is 6.64. The number of fused-ring (bicyclic) bond motifs is 1. The van der Waals surface area contributed by atoms with Crippen molar-refractivity contribution in [3.8, 4) is 0 Å². The number of rotatable bonds is 4. The highest BCUT2D eigenvalue weighted by atomic mass is 35.5. The predicted molar refractivity (Wildman–Crippen MR) is 107 cm³/mol. The fourth-order valence-corrected chi connectivity index (χ4v) is 3.17. The molecule has 0 spiro atoms. The van der Waals surface area contributed by atoms with Crippen LogP contribution < -0.4 is 16.0 Å². The lowest BCUT2D eigenvalue weighted by atomic mass is 9.96. The van der Waals surface area contributed by atoms with Gasteiger partial charge in [0, 0.05) is 30.4 Å². The van der Waals surface area contributed by atoms with E-state index in [4.69, 9.17) is 0 Å². The van der Waals surface area contributed by atoms with Gasteiger partial charge < -0.3 is 16.0 Å². The summed E-state index contributed by atoms with van der Waals surface area (Å²) in [7, 11) is 0. The Bertz CT molecular complexity index is 807. The van der Waals surface area contributed by atoms with E-state index in [-0.39, 0.29) is 30.3 Å². The molecular formula is C20H24ClN3O2. The predicted octanol–water partition coefficient (Wildman–Crippen LogP) is 3.92. The molecule has 1 aliphatic heterocycles. The van der Waals surface area contributed by atoms with Crippen molar-refractivity contribution in [1.29, 1.82) is 0 Å². The third kappa shape index (κ3) is 4.55. The van der Waals surface area contributed by atoms with Crippen molar-refractivity contribution in [3.05, 3.63) is 59.2 Å². The molecule has 3 N–H and O–H groups in total. The molecule has 138 valence electrons. The highest BCUT2D eigenvalue weighted by Crippen LogP contribution is 2.26. The van der Waals surface area contributed by atoms with Gasteiger partial charge in [-0.1, -0.05) is 18.2 Å². The summed E-state index contributed by atoms with van der Waals surface area (Å²) >= 11 is 0. The van der Waals surface area contributed by atoms with E-state index in [2.05, 4.69) is 16.0 Å². The molecule has 26 heavy (non-hydrogen) atoms. The van der Waals surface area contributed by atoms with Crippen LogP contribution in [0.15, 0.2) is 42.5 Å². The molecule has 0 bridgehead atoms. The van der Waals surface area contributed by atoms with Crippen LogP contribution in [0.5, 0.6) is 0 Å². The molecule has 0 aliphatic carbocycles. The molecule has 1 heterocycles. The van der Waals surface area contributed by atoms with Crippen LogP contribution >= 0.6 is 12.4 Å². The first-order chi connectivity index (χ1) is 12.0. The highest BCUT2D eigenvalue weighted by Gasteiger charge is 2.19. The van der Waals surface area contributed by atoms with Gasteiger partial charge in [-0.2, -0.15) is 0 Å². The molecule has 3 rings (SSSR count). The van der Waals surface area contributed by atoms with Crippen LogP contribution in [-0.2, 0) is 11.2 Å². The van der Waals surface area contributed by atoms with Crippen LogP contribution in [-0.4, -0.2) is 18.4 Å². The van der Waals surface area contributed by atoms with Gasteiger partial charge in [0.15, 0.2) is 0 Å². The molecular weight excluding hydrogens is 350 g/mol. The second kappa shape index (κ2) is 8.72. The number of carbonyl (C=O) groups is 2. The van der Waals surface area contributed by atoms with E-state index < -0.39 is 0 Å². The van der Waals surface area contributed by atoms with Crippen molar-refractivity contribution in [3.63, 3.8) is 0 Å². The van der Waals surface area contributed by atoms with Gasteiger partial charge in [0.05, 0.1) is 6.04 Å². The summed E-state index contributed by atoms with van der Waals surface area (Å²) < 4.78 is 0. The maximum absolute atomic E-state index is 12.8. The summed E-state index contributed by atoms with van der Waals surface area (Å²) in [5.74, 6) is -0.185. The Morgan fingerprint density at radius 2 is 1.92 bits per heavy atom. The average Bonchev–Trinajstić information content (AvgIpc) is 2.60. The van der Waals surface area contributed by atoms with Gasteiger partial charge in [-0.3, -0.25) is 9.59 Å². The van der Waals surface area contributed by atoms with E-state index >= 15 is 0 Å². The second-order valence-corrected chi connectivity index (χ2v) is 6.36. The first kappa shape index (κ1) is 19.8. The normalized spacial score (nSPS) is 13.5. The molecule has 1 atom stereocenters. The first-order valence-electron chi connectivity index (χ1n) is 8.59. The second-order valence-electron chi connectivity index (χ2n) is 6.36. The van der Waals surface area contributed by atoms with E-state index in [1.165, 1.54) is 6.92 Å².